The highest BCUT2D eigenvalue weighted by molar-refractivity contribution is 5.98. The Balaban J connectivity index is 1.27. The van der Waals surface area contributed by atoms with Crippen LogP contribution in [0.4, 0.5) is 26.2 Å². The Labute approximate surface area is 223 Å². The van der Waals surface area contributed by atoms with E-state index < -0.39 is 22.9 Å². The third kappa shape index (κ3) is 6.67. The molecule has 2 aliphatic heterocycles. The largest absolute Gasteiger partial charge is 0.442 e. The predicted molar refractivity (Wildman–Crippen MR) is 138 cm³/mol. The van der Waals surface area contributed by atoms with E-state index in [4.69, 9.17) is 4.74 Å². The smallest absolute Gasteiger partial charge is 0.414 e. The van der Waals surface area contributed by atoms with Crippen molar-refractivity contribution in [2.45, 2.75) is 25.9 Å². The number of benzene rings is 2. The maximum absolute atomic E-state index is 15.0. The summed E-state index contributed by atoms with van der Waals surface area (Å²) in [5.41, 5.74) is 0.889. The van der Waals surface area contributed by atoms with Crippen molar-refractivity contribution in [2.75, 3.05) is 49.1 Å². The number of piperazine rings is 1. The number of non-ortho nitro benzene ring substituents is 1. The van der Waals surface area contributed by atoms with Crippen LogP contribution in [-0.2, 0) is 14.3 Å². The quantitative estimate of drug-likeness (QED) is 0.290. The lowest BCUT2D eigenvalue weighted by molar-refractivity contribution is -0.384. The van der Waals surface area contributed by atoms with E-state index in [1.807, 2.05) is 4.90 Å². The molecule has 3 amide bonds. The molecule has 0 aliphatic carbocycles. The second kappa shape index (κ2) is 11.9. The van der Waals surface area contributed by atoms with Crippen LogP contribution in [0.15, 0.2) is 42.5 Å². The maximum Gasteiger partial charge on any atom is 0.414 e. The average molecular weight is 542 g/mol. The number of nitro benzene ring substituents is 1. The van der Waals surface area contributed by atoms with Crippen LogP contribution in [0, 0.1) is 15.9 Å². The van der Waals surface area contributed by atoms with E-state index in [2.05, 4.69) is 5.32 Å². The Morgan fingerprint density at radius 2 is 1.77 bits per heavy atom. The monoisotopic (exact) mass is 541 g/mol. The van der Waals surface area contributed by atoms with Crippen LogP contribution in [0.2, 0.25) is 0 Å². The first-order valence-electron chi connectivity index (χ1n) is 12.4. The van der Waals surface area contributed by atoms with E-state index in [0.29, 0.717) is 43.1 Å². The number of anilines is 2. The predicted octanol–water partition coefficient (Wildman–Crippen LogP) is 2.51. The van der Waals surface area contributed by atoms with Gasteiger partial charge < -0.3 is 19.9 Å². The molecule has 1 N–H and O–H groups in total. The lowest BCUT2D eigenvalue weighted by Crippen LogP contribution is -2.49. The number of carbonyl (C=O) groups excluding carboxylic acids is 4. The van der Waals surface area contributed by atoms with Crippen LogP contribution in [0.25, 0.3) is 0 Å². The molecule has 4 rings (SSSR count). The molecule has 0 unspecified atom stereocenters. The van der Waals surface area contributed by atoms with Gasteiger partial charge >= 0.3 is 6.09 Å². The molecule has 0 bridgehead atoms. The van der Waals surface area contributed by atoms with Crippen LogP contribution in [0.5, 0.6) is 0 Å². The zero-order valence-corrected chi connectivity index (χ0v) is 21.3. The highest BCUT2D eigenvalue weighted by Crippen LogP contribution is 2.28. The standard InChI is InChI=1S/C26H28FN5O7/c1-17(33)28-15-21-16-31(26(36)39-21)20-6-7-23(22(27)14-20)29-10-12-30(13-11-29)25(35)9-8-24(34)18-2-4-19(5-3-18)32(37)38/h2-7,14,21H,8-13,15-16H2,1H3,(H,28,33)/t21-/m0/s1. The highest BCUT2D eigenvalue weighted by Gasteiger charge is 2.33. The first-order chi connectivity index (χ1) is 18.6. The summed E-state index contributed by atoms with van der Waals surface area (Å²) >= 11 is 0. The summed E-state index contributed by atoms with van der Waals surface area (Å²) < 4.78 is 20.3. The molecular weight excluding hydrogens is 513 g/mol. The van der Waals surface area contributed by atoms with Gasteiger partial charge in [0.05, 0.1) is 29.4 Å². The van der Waals surface area contributed by atoms with Crippen molar-refractivity contribution in [1.82, 2.24) is 10.2 Å². The molecule has 2 saturated heterocycles. The van der Waals surface area contributed by atoms with Crippen LogP contribution in [0.1, 0.15) is 30.1 Å². The van der Waals surface area contributed by atoms with E-state index in [0.717, 1.165) is 0 Å². The fourth-order valence-corrected chi connectivity index (χ4v) is 4.51. The molecule has 2 aromatic rings. The van der Waals surface area contributed by atoms with E-state index >= 15 is 4.39 Å². The SMILES string of the molecule is CC(=O)NC[C@H]1CN(c2ccc(N3CCN(C(=O)CCC(=O)c4ccc([N+](=O)[O-])cc4)CC3)c(F)c2)C(=O)O1. The van der Waals surface area contributed by atoms with Gasteiger partial charge in [-0.3, -0.25) is 29.4 Å². The summed E-state index contributed by atoms with van der Waals surface area (Å²) in [5.74, 6) is -1.22. The number of hydrogen-bond donors (Lipinski definition) is 1. The summed E-state index contributed by atoms with van der Waals surface area (Å²) in [6.45, 7) is 3.22. The molecular formula is C26H28FN5O7. The molecule has 39 heavy (non-hydrogen) atoms. The minimum Gasteiger partial charge on any atom is -0.442 e. The summed E-state index contributed by atoms with van der Waals surface area (Å²) in [4.78, 5) is 63.3. The zero-order valence-electron chi connectivity index (χ0n) is 21.3. The summed E-state index contributed by atoms with van der Waals surface area (Å²) in [5, 5.41) is 13.3. The Morgan fingerprint density at radius 1 is 1.08 bits per heavy atom. The van der Waals surface area contributed by atoms with Gasteiger partial charge in [0.2, 0.25) is 11.8 Å². The van der Waals surface area contributed by atoms with Crippen LogP contribution in [-0.4, -0.2) is 78.9 Å². The Kier molecular flexibility index (Phi) is 8.37. The molecule has 2 heterocycles. The molecule has 2 fully saturated rings. The lowest BCUT2D eigenvalue weighted by Gasteiger charge is -2.36. The molecule has 1 atom stereocenters. The zero-order chi connectivity index (χ0) is 28.1. The maximum atomic E-state index is 15.0. The second-order valence-corrected chi connectivity index (χ2v) is 9.28. The van der Waals surface area contributed by atoms with Crippen molar-refractivity contribution < 1.29 is 33.2 Å². The molecule has 206 valence electrons. The number of nitro groups is 1. The number of carbonyl (C=O) groups is 4. The first kappa shape index (κ1) is 27.5. The minimum atomic E-state index is -0.614. The number of hydrogen-bond acceptors (Lipinski definition) is 8. The van der Waals surface area contributed by atoms with Crippen LogP contribution < -0.4 is 15.1 Å². The Hall–Kier alpha value is -4.55. The Morgan fingerprint density at radius 3 is 2.38 bits per heavy atom. The summed E-state index contributed by atoms with van der Waals surface area (Å²) in [6, 6.07) is 9.73. The second-order valence-electron chi connectivity index (χ2n) is 9.28. The van der Waals surface area contributed by atoms with Gasteiger partial charge in [0.1, 0.15) is 11.9 Å². The van der Waals surface area contributed by atoms with Crippen LogP contribution in [0.3, 0.4) is 0 Å². The van der Waals surface area contributed by atoms with Gasteiger partial charge in [-0.2, -0.15) is 0 Å². The van der Waals surface area contributed by atoms with Gasteiger partial charge in [-0.05, 0) is 30.3 Å². The van der Waals surface area contributed by atoms with E-state index in [9.17, 15) is 29.3 Å². The van der Waals surface area contributed by atoms with Crippen molar-refractivity contribution in [3.05, 3.63) is 64.0 Å². The third-order valence-electron chi connectivity index (χ3n) is 6.63. The summed E-state index contributed by atoms with van der Waals surface area (Å²) in [7, 11) is 0. The van der Waals surface area contributed by atoms with E-state index in [1.165, 1.54) is 42.2 Å². The molecule has 0 aromatic heterocycles. The number of nitrogens with zero attached hydrogens (tertiary/aromatic N) is 4. The fourth-order valence-electron chi connectivity index (χ4n) is 4.51. The molecule has 0 radical (unpaired) electrons. The Bertz CT molecular complexity index is 1280. The minimum absolute atomic E-state index is 0.00768. The number of ketones is 1. The number of cyclic esters (lactones) is 1. The fraction of sp³-hybridized carbons (Fsp3) is 0.385. The van der Waals surface area contributed by atoms with Gasteiger partial charge in [0.15, 0.2) is 5.78 Å². The van der Waals surface area contributed by atoms with Gasteiger partial charge in [-0.25, -0.2) is 9.18 Å². The van der Waals surface area contributed by atoms with Gasteiger partial charge in [0, 0.05) is 63.6 Å². The van der Waals surface area contributed by atoms with Crippen molar-refractivity contribution in [1.29, 1.82) is 0 Å². The van der Waals surface area contributed by atoms with Gasteiger partial charge in [-0.1, -0.05) is 0 Å². The third-order valence-corrected chi connectivity index (χ3v) is 6.63. The van der Waals surface area contributed by atoms with E-state index in [-0.39, 0.29) is 49.2 Å². The number of ether oxygens (including phenoxy) is 1. The molecule has 2 aromatic carbocycles. The molecule has 12 nitrogen and oxygen atoms in total. The lowest BCUT2D eigenvalue weighted by atomic mass is 10.1. The number of rotatable bonds is 9. The molecule has 0 saturated carbocycles. The van der Waals surface area contributed by atoms with E-state index in [1.54, 1.807) is 17.0 Å². The molecule has 13 heteroatoms. The normalized spacial score (nSPS) is 17.1. The van der Waals surface area contributed by atoms with Crippen molar-refractivity contribution >= 4 is 40.8 Å². The first-order valence-corrected chi connectivity index (χ1v) is 12.4. The van der Waals surface area contributed by atoms with Crippen molar-refractivity contribution in [3.8, 4) is 0 Å². The number of halogens is 1. The number of Topliss-reactive ketones (excluding diaryl/α,β-unsaturated/α-hetero) is 1. The van der Waals surface area contributed by atoms with Gasteiger partial charge in [-0.15, -0.1) is 0 Å². The molecule has 0 spiro atoms. The van der Waals surface area contributed by atoms with Crippen LogP contribution >= 0.6 is 0 Å². The summed E-state index contributed by atoms with van der Waals surface area (Å²) in [6.07, 6.45) is -1.15. The number of amides is 3. The van der Waals surface area contributed by atoms with Crippen molar-refractivity contribution in [3.63, 3.8) is 0 Å². The topological polar surface area (TPSA) is 142 Å². The average Bonchev–Trinajstić information content (AvgIpc) is 3.30. The van der Waals surface area contributed by atoms with Gasteiger partial charge in [0.25, 0.3) is 5.69 Å². The molecule has 2 aliphatic rings. The number of nitrogens with one attached hydrogen (secondary N) is 1. The van der Waals surface area contributed by atoms with Crippen molar-refractivity contribution in [2.24, 2.45) is 0 Å². The highest BCUT2D eigenvalue weighted by atomic mass is 19.1.